The second-order valence-corrected chi connectivity index (χ2v) is 3.46. The monoisotopic (exact) mass is 224 g/mol. The number of rotatable bonds is 6. The summed E-state index contributed by atoms with van der Waals surface area (Å²) in [5.74, 6) is -0.934. The molecule has 0 fully saturated rings. The van der Waals surface area contributed by atoms with Crippen LogP contribution in [0.25, 0.3) is 0 Å². The van der Waals surface area contributed by atoms with Crippen LogP contribution in [0.5, 0.6) is 0 Å². The number of hydrogen-bond donors (Lipinski definition) is 0. The topological polar surface area (TPSA) is 52.6 Å². The molecule has 16 heavy (non-hydrogen) atoms. The van der Waals surface area contributed by atoms with E-state index >= 15 is 0 Å². The van der Waals surface area contributed by atoms with E-state index in [1.807, 2.05) is 13.0 Å². The fourth-order valence-electron chi connectivity index (χ4n) is 1.39. The van der Waals surface area contributed by atoms with Gasteiger partial charge in [-0.15, -0.1) is 0 Å². The summed E-state index contributed by atoms with van der Waals surface area (Å²) in [6.07, 6.45) is 5.55. The Balaban J connectivity index is 2.67. The Hall–Kier alpha value is -1.42. The maximum Gasteiger partial charge on any atom is 0.343 e. The zero-order valence-electron chi connectivity index (χ0n) is 9.56. The molecule has 0 spiro atoms. The van der Waals surface area contributed by atoms with Gasteiger partial charge in [-0.05, 0) is 12.8 Å². The summed E-state index contributed by atoms with van der Waals surface area (Å²) in [4.78, 5) is 23.3. The first-order chi connectivity index (χ1) is 7.70. The first-order valence-electron chi connectivity index (χ1n) is 5.30. The number of hydrogen-bond acceptors (Lipinski definition) is 4. The van der Waals surface area contributed by atoms with Gasteiger partial charge < -0.3 is 9.47 Å². The largest absolute Gasteiger partial charge is 0.467 e. The molecular formula is C12H16O4. The Morgan fingerprint density at radius 2 is 2.25 bits per heavy atom. The minimum atomic E-state index is -1.11. The molecule has 0 bridgehead atoms. The maximum absolute atomic E-state index is 11.9. The predicted molar refractivity (Wildman–Crippen MR) is 58.9 cm³/mol. The highest BCUT2D eigenvalue weighted by molar-refractivity contribution is 6.11. The van der Waals surface area contributed by atoms with E-state index in [1.54, 1.807) is 12.2 Å². The van der Waals surface area contributed by atoms with Crippen molar-refractivity contribution >= 4 is 11.8 Å². The molecule has 1 rings (SSSR count). The molecule has 0 heterocycles. The van der Waals surface area contributed by atoms with Crippen molar-refractivity contribution in [1.29, 1.82) is 0 Å². The third kappa shape index (κ3) is 3.03. The molecule has 1 atom stereocenters. The number of ketones is 1. The van der Waals surface area contributed by atoms with Gasteiger partial charge in [0, 0.05) is 12.2 Å². The Kier molecular flexibility index (Phi) is 4.92. The van der Waals surface area contributed by atoms with Crippen molar-refractivity contribution in [1.82, 2.24) is 0 Å². The molecule has 0 aromatic heterocycles. The first kappa shape index (κ1) is 12.6. The van der Waals surface area contributed by atoms with E-state index in [4.69, 9.17) is 4.74 Å². The zero-order valence-corrected chi connectivity index (χ0v) is 9.56. The lowest BCUT2D eigenvalue weighted by Gasteiger charge is -2.14. The van der Waals surface area contributed by atoms with Gasteiger partial charge in [-0.1, -0.05) is 25.2 Å². The molecule has 0 aromatic carbocycles. The van der Waals surface area contributed by atoms with Gasteiger partial charge in [0.25, 0.3) is 0 Å². The Labute approximate surface area is 94.9 Å². The number of Topliss-reactive ketones (excluding diaryl/α,β-unsaturated/α-hetero) is 1. The van der Waals surface area contributed by atoms with Gasteiger partial charge in [0.05, 0.1) is 7.11 Å². The number of ether oxygens (including phenoxy) is 2. The van der Waals surface area contributed by atoms with Crippen molar-refractivity contribution in [2.45, 2.75) is 25.9 Å². The van der Waals surface area contributed by atoms with Crippen LogP contribution in [0.3, 0.4) is 0 Å². The third-order valence-corrected chi connectivity index (χ3v) is 2.23. The highest BCUT2D eigenvalue weighted by Crippen LogP contribution is 2.15. The highest BCUT2D eigenvalue weighted by atomic mass is 16.6. The molecule has 0 aromatic rings. The van der Waals surface area contributed by atoms with Crippen molar-refractivity contribution in [3.8, 4) is 0 Å². The summed E-state index contributed by atoms with van der Waals surface area (Å²) < 4.78 is 9.78. The highest BCUT2D eigenvalue weighted by Gasteiger charge is 2.30. The summed E-state index contributed by atoms with van der Waals surface area (Å²) in [6, 6.07) is 0. The molecule has 0 saturated carbocycles. The van der Waals surface area contributed by atoms with Crippen LogP contribution in [0.1, 0.15) is 19.8 Å². The number of methoxy groups -OCH3 is 1. The molecule has 88 valence electrons. The molecule has 1 aliphatic rings. The minimum absolute atomic E-state index is 0.301. The van der Waals surface area contributed by atoms with Gasteiger partial charge in [-0.2, -0.15) is 0 Å². The van der Waals surface area contributed by atoms with Crippen LogP contribution in [0, 0.1) is 0 Å². The second kappa shape index (κ2) is 6.23. The molecule has 4 nitrogen and oxygen atoms in total. The third-order valence-electron chi connectivity index (χ3n) is 2.23. The Morgan fingerprint density at radius 1 is 1.50 bits per heavy atom. The van der Waals surface area contributed by atoms with Crippen LogP contribution < -0.4 is 0 Å². The van der Waals surface area contributed by atoms with Gasteiger partial charge in [0.15, 0.2) is 5.78 Å². The number of esters is 1. The van der Waals surface area contributed by atoms with Gasteiger partial charge >= 0.3 is 5.97 Å². The molecule has 0 N–H and O–H groups in total. The van der Waals surface area contributed by atoms with E-state index in [1.165, 1.54) is 7.11 Å². The summed E-state index contributed by atoms with van der Waals surface area (Å²) in [7, 11) is 1.25. The lowest BCUT2D eigenvalue weighted by Crippen LogP contribution is -2.35. The molecular weight excluding hydrogens is 208 g/mol. The van der Waals surface area contributed by atoms with Crippen molar-refractivity contribution in [2.75, 3.05) is 13.7 Å². The van der Waals surface area contributed by atoms with Crippen LogP contribution in [0.2, 0.25) is 0 Å². The summed E-state index contributed by atoms with van der Waals surface area (Å²) >= 11 is 0. The summed E-state index contributed by atoms with van der Waals surface area (Å²) in [6.45, 7) is 2.28. The molecule has 1 aliphatic carbocycles. The molecule has 1 unspecified atom stereocenters. The fraction of sp³-hybridized carbons (Fsp3) is 0.500. The summed E-state index contributed by atoms with van der Waals surface area (Å²) in [5, 5.41) is 0. The minimum Gasteiger partial charge on any atom is -0.467 e. The Bertz CT molecular complexity index is 328. The van der Waals surface area contributed by atoms with Gasteiger partial charge in [0.1, 0.15) is 0 Å². The smallest absolute Gasteiger partial charge is 0.343 e. The maximum atomic E-state index is 11.9. The predicted octanol–water partition coefficient (Wildman–Crippen LogP) is 1.41. The first-order valence-corrected chi connectivity index (χ1v) is 5.30. The standard InChI is InChI=1S/C12H16O4/c1-3-8-16-11(12(14)15-2)10(13)9-6-4-5-7-9/h4-6,11H,3,7-8H2,1-2H3. The lowest BCUT2D eigenvalue weighted by atomic mass is 10.1. The van der Waals surface area contributed by atoms with E-state index in [9.17, 15) is 9.59 Å². The van der Waals surface area contributed by atoms with Gasteiger partial charge in [-0.25, -0.2) is 4.79 Å². The van der Waals surface area contributed by atoms with Crippen molar-refractivity contribution in [3.05, 3.63) is 23.8 Å². The van der Waals surface area contributed by atoms with Crippen LogP contribution in [-0.4, -0.2) is 31.6 Å². The van der Waals surface area contributed by atoms with E-state index < -0.39 is 12.1 Å². The van der Waals surface area contributed by atoms with Gasteiger partial charge in [0.2, 0.25) is 6.10 Å². The number of allylic oxidation sites excluding steroid dienone is 3. The zero-order chi connectivity index (χ0) is 12.0. The van der Waals surface area contributed by atoms with Gasteiger partial charge in [-0.3, -0.25) is 4.79 Å². The molecule has 0 amide bonds. The molecule has 0 radical (unpaired) electrons. The lowest BCUT2D eigenvalue weighted by molar-refractivity contribution is -0.158. The van der Waals surface area contributed by atoms with Crippen molar-refractivity contribution < 1.29 is 19.1 Å². The molecule has 0 saturated heterocycles. The fourth-order valence-corrected chi connectivity index (χ4v) is 1.39. The van der Waals surface area contributed by atoms with Crippen LogP contribution >= 0.6 is 0 Å². The summed E-state index contributed by atoms with van der Waals surface area (Å²) in [5.41, 5.74) is 0.589. The average molecular weight is 224 g/mol. The quantitative estimate of drug-likeness (QED) is 0.505. The number of carbonyl (C=O) groups excluding carboxylic acids is 2. The molecule has 0 aliphatic heterocycles. The second-order valence-electron chi connectivity index (χ2n) is 3.46. The normalized spacial score (nSPS) is 15.8. The van der Waals surface area contributed by atoms with Crippen LogP contribution in [-0.2, 0) is 19.1 Å². The van der Waals surface area contributed by atoms with Crippen molar-refractivity contribution in [3.63, 3.8) is 0 Å². The molecule has 4 heteroatoms. The van der Waals surface area contributed by atoms with E-state index in [0.717, 1.165) is 6.42 Å². The van der Waals surface area contributed by atoms with E-state index in [-0.39, 0.29) is 5.78 Å². The number of carbonyl (C=O) groups is 2. The average Bonchev–Trinajstić information content (AvgIpc) is 2.82. The van der Waals surface area contributed by atoms with E-state index in [2.05, 4.69) is 4.74 Å². The van der Waals surface area contributed by atoms with Crippen LogP contribution in [0.15, 0.2) is 23.8 Å². The SMILES string of the molecule is CCCOC(C(=O)OC)C(=O)C1=CC=CC1. The van der Waals surface area contributed by atoms with E-state index in [0.29, 0.717) is 18.6 Å². The van der Waals surface area contributed by atoms with Crippen LogP contribution in [0.4, 0.5) is 0 Å². The van der Waals surface area contributed by atoms with Crippen molar-refractivity contribution in [2.24, 2.45) is 0 Å². The Morgan fingerprint density at radius 3 is 2.75 bits per heavy atom.